The summed E-state index contributed by atoms with van der Waals surface area (Å²) in [5.41, 5.74) is 0.926. The molecule has 0 bridgehead atoms. The second-order valence-corrected chi connectivity index (χ2v) is 5.33. The number of rotatable bonds is 3. The minimum absolute atomic E-state index is 0.0872. The van der Waals surface area contributed by atoms with Crippen molar-refractivity contribution in [2.24, 2.45) is 0 Å². The monoisotopic (exact) mass is 302 g/mol. The number of nitrogens with zero attached hydrogens (tertiary/aromatic N) is 1. The molecular formula is C17H22N2O3. The van der Waals surface area contributed by atoms with Crippen LogP contribution in [0.3, 0.4) is 0 Å². The number of aliphatic hydroxyl groups is 1. The molecule has 22 heavy (non-hydrogen) atoms. The SMILES string of the molecule is C[C@H](O)C[C@@H]1COCCN1C(=O)NCC#Cc1ccccc1. The Kier molecular flexibility index (Phi) is 6.26. The van der Waals surface area contributed by atoms with E-state index in [1.165, 1.54) is 0 Å². The lowest BCUT2D eigenvalue weighted by Gasteiger charge is -2.36. The van der Waals surface area contributed by atoms with Crippen LogP contribution in [0, 0.1) is 11.8 Å². The van der Waals surface area contributed by atoms with E-state index in [2.05, 4.69) is 17.2 Å². The average Bonchev–Trinajstić information content (AvgIpc) is 2.52. The van der Waals surface area contributed by atoms with E-state index in [1.54, 1.807) is 11.8 Å². The zero-order valence-electron chi connectivity index (χ0n) is 12.8. The molecule has 2 rings (SSSR count). The first-order chi connectivity index (χ1) is 10.7. The van der Waals surface area contributed by atoms with Crippen molar-refractivity contribution in [3.05, 3.63) is 35.9 Å². The molecule has 2 N–H and O–H groups in total. The van der Waals surface area contributed by atoms with Gasteiger partial charge in [-0.2, -0.15) is 0 Å². The number of nitrogens with one attached hydrogen (secondary N) is 1. The normalized spacial score (nSPS) is 19.0. The standard InChI is InChI=1S/C17H22N2O3/c1-14(20)12-16-13-22-11-10-19(16)17(21)18-9-5-8-15-6-3-2-4-7-15/h2-4,6-7,14,16,20H,9-13H2,1H3,(H,18,21)/t14-,16+/m0/s1. The Hall–Kier alpha value is -2.03. The van der Waals surface area contributed by atoms with Gasteiger partial charge in [-0.15, -0.1) is 0 Å². The number of ether oxygens (including phenoxy) is 1. The van der Waals surface area contributed by atoms with Crippen molar-refractivity contribution in [3.63, 3.8) is 0 Å². The molecular weight excluding hydrogens is 280 g/mol. The van der Waals surface area contributed by atoms with Crippen LogP contribution in [-0.4, -0.2) is 54.5 Å². The Labute approximate surface area is 131 Å². The predicted octanol–water partition coefficient (Wildman–Crippen LogP) is 1.22. The second-order valence-electron chi connectivity index (χ2n) is 5.33. The van der Waals surface area contributed by atoms with Gasteiger partial charge in [0.2, 0.25) is 0 Å². The van der Waals surface area contributed by atoms with Crippen LogP contribution >= 0.6 is 0 Å². The summed E-state index contributed by atoms with van der Waals surface area (Å²) in [5.74, 6) is 5.94. The van der Waals surface area contributed by atoms with Gasteiger partial charge in [0.25, 0.3) is 0 Å². The maximum atomic E-state index is 12.2. The number of aliphatic hydroxyl groups excluding tert-OH is 1. The highest BCUT2D eigenvalue weighted by molar-refractivity contribution is 5.75. The van der Waals surface area contributed by atoms with Gasteiger partial charge in [0.05, 0.1) is 31.9 Å². The van der Waals surface area contributed by atoms with E-state index in [0.717, 1.165) is 5.56 Å². The van der Waals surface area contributed by atoms with Gasteiger partial charge in [-0.05, 0) is 25.5 Å². The van der Waals surface area contributed by atoms with Crippen molar-refractivity contribution in [3.8, 4) is 11.8 Å². The zero-order chi connectivity index (χ0) is 15.8. The summed E-state index contributed by atoms with van der Waals surface area (Å²) in [5, 5.41) is 12.3. The Bertz CT molecular complexity index is 534. The van der Waals surface area contributed by atoms with E-state index in [1.807, 2.05) is 30.3 Å². The zero-order valence-corrected chi connectivity index (χ0v) is 12.8. The molecule has 2 amide bonds. The lowest BCUT2D eigenvalue weighted by molar-refractivity contribution is -0.00410. The molecule has 1 fully saturated rings. The number of morpholine rings is 1. The van der Waals surface area contributed by atoms with Crippen molar-refractivity contribution >= 4 is 6.03 Å². The summed E-state index contributed by atoms with van der Waals surface area (Å²) in [6.45, 7) is 3.55. The molecule has 0 radical (unpaired) electrons. The Balaban J connectivity index is 1.84. The molecule has 1 aromatic rings. The molecule has 0 aliphatic carbocycles. The third kappa shape index (κ3) is 5.06. The minimum atomic E-state index is -0.458. The molecule has 1 aromatic carbocycles. The van der Waals surface area contributed by atoms with Crippen LogP contribution in [0.15, 0.2) is 30.3 Å². The minimum Gasteiger partial charge on any atom is -0.393 e. The fraction of sp³-hybridized carbons (Fsp3) is 0.471. The summed E-state index contributed by atoms with van der Waals surface area (Å²) >= 11 is 0. The lowest BCUT2D eigenvalue weighted by Crippen LogP contribution is -2.53. The summed E-state index contributed by atoms with van der Waals surface area (Å²) < 4.78 is 5.39. The number of urea groups is 1. The van der Waals surface area contributed by atoms with Crippen molar-refractivity contribution in [1.29, 1.82) is 0 Å². The topological polar surface area (TPSA) is 61.8 Å². The van der Waals surface area contributed by atoms with E-state index in [0.29, 0.717) is 32.7 Å². The highest BCUT2D eigenvalue weighted by Crippen LogP contribution is 2.12. The van der Waals surface area contributed by atoms with Gasteiger partial charge < -0.3 is 20.1 Å². The number of amides is 2. The third-order valence-corrected chi connectivity index (χ3v) is 3.44. The molecule has 0 saturated carbocycles. The van der Waals surface area contributed by atoms with Crippen LogP contribution in [0.4, 0.5) is 4.79 Å². The van der Waals surface area contributed by atoms with Crippen LogP contribution in [0.25, 0.3) is 0 Å². The van der Waals surface area contributed by atoms with Gasteiger partial charge in [-0.3, -0.25) is 0 Å². The maximum absolute atomic E-state index is 12.2. The first-order valence-corrected chi connectivity index (χ1v) is 7.51. The van der Waals surface area contributed by atoms with Crippen LogP contribution in [0.2, 0.25) is 0 Å². The number of carbonyl (C=O) groups is 1. The van der Waals surface area contributed by atoms with E-state index in [9.17, 15) is 9.90 Å². The summed E-state index contributed by atoms with van der Waals surface area (Å²) in [4.78, 5) is 13.9. The molecule has 0 spiro atoms. The van der Waals surface area contributed by atoms with E-state index in [-0.39, 0.29) is 12.1 Å². The largest absolute Gasteiger partial charge is 0.393 e. The van der Waals surface area contributed by atoms with E-state index in [4.69, 9.17) is 4.74 Å². The molecule has 1 heterocycles. The first-order valence-electron chi connectivity index (χ1n) is 7.51. The van der Waals surface area contributed by atoms with Crippen molar-refractivity contribution in [2.75, 3.05) is 26.3 Å². The third-order valence-electron chi connectivity index (χ3n) is 3.44. The van der Waals surface area contributed by atoms with Gasteiger partial charge in [0.1, 0.15) is 0 Å². The molecule has 5 nitrogen and oxygen atoms in total. The van der Waals surface area contributed by atoms with Gasteiger partial charge in [0, 0.05) is 12.1 Å². The van der Waals surface area contributed by atoms with Gasteiger partial charge in [0.15, 0.2) is 0 Å². The highest BCUT2D eigenvalue weighted by Gasteiger charge is 2.27. The Morgan fingerprint density at radius 1 is 1.50 bits per heavy atom. The molecule has 1 aliphatic heterocycles. The lowest BCUT2D eigenvalue weighted by atomic mass is 10.1. The molecule has 1 aliphatic rings. The first kappa shape index (κ1) is 16.3. The quantitative estimate of drug-likeness (QED) is 0.825. The summed E-state index contributed by atoms with van der Waals surface area (Å²) in [6.07, 6.45) is 0.0585. The average molecular weight is 302 g/mol. The van der Waals surface area contributed by atoms with Crippen LogP contribution in [-0.2, 0) is 4.74 Å². The van der Waals surface area contributed by atoms with Gasteiger partial charge in [-0.1, -0.05) is 30.0 Å². The maximum Gasteiger partial charge on any atom is 0.318 e. The Morgan fingerprint density at radius 2 is 2.27 bits per heavy atom. The number of benzene rings is 1. The summed E-state index contributed by atoms with van der Waals surface area (Å²) in [7, 11) is 0. The summed E-state index contributed by atoms with van der Waals surface area (Å²) in [6, 6.07) is 9.40. The fourth-order valence-electron chi connectivity index (χ4n) is 2.40. The second kappa shape index (κ2) is 8.42. The molecule has 5 heteroatoms. The number of carbonyl (C=O) groups excluding carboxylic acids is 1. The molecule has 2 atom stereocenters. The smallest absolute Gasteiger partial charge is 0.318 e. The van der Waals surface area contributed by atoms with E-state index < -0.39 is 6.10 Å². The fourth-order valence-corrected chi connectivity index (χ4v) is 2.40. The molecule has 1 saturated heterocycles. The van der Waals surface area contributed by atoms with Crippen molar-refractivity contribution in [1.82, 2.24) is 10.2 Å². The molecule has 0 unspecified atom stereocenters. The number of hydrogen-bond acceptors (Lipinski definition) is 3. The van der Waals surface area contributed by atoms with Gasteiger partial charge >= 0.3 is 6.03 Å². The molecule has 0 aromatic heterocycles. The van der Waals surface area contributed by atoms with Gasteiger partial charge in [-0.25, -0.2) is 4.79 Å². The Morgan fingerprint density at radius 3 is 3.00 bits per heavy atom. The van der Waals surface area contributed by atoms with Crippen LogP contribution in [0.5, 0.6) is 0 Å². The van der Waals surface area contributed by atoms with Crippen molar-refractivity contribution < 1.29 is 14.6 Å². The van der Waals surface area contributed by atoms with E-state index >= 15 is 0 Å². The predicted molar refractivity (Wildman–Crippen MR) is 84.3 cm³/mol. The number of hydrogen-bond donors (Lipinski definition) is 2. The van der Waals surface area contributed by atoms with Crippen molar-refractivity contribution in [2.45, 2.75) is 25.5 Å². The van der Waals surface area contributed by atoms with Crippen LogP contribution in [0.1, 0.15) is 18.9 Å². The van der Waals surface area contributed by atoms with Crippen LogP contribution < -0.4 is 5.32 Å². The highest BCUT2D eigenvalue weighted by atomic mass is 16.5. The molecule has 118 valence electrons.